The Morgan fingerprint density at radius 2 is 2.08 bits per heavy atom. The molecule has 1 N–H and O–H groups in total. The molecule has 1 unspecified atom stereocenters. The van der Waals surface area contributed by atoms with Gasteiger partial charge in [0.05, 0.1) is 0 Å². The van der Waals surface area contributed by atoms with Gasteiger partial charge in [0.25, 0.3) is 0 Å². The number of rotatable bonds is 8. The molecule has 1 aromatic rings. The summed E-state index contributed by atoms with van der Waals surface area (Å²) in [5, 5.41) is 3.14. The predicted molar refractivity (Wildman–Crippen MR) is 113 cm³/mol. The van der Waals surface area contributed by atoms with E-state index in [2.05, 4.69) is 54.2 Å². The van der Waals surface area contributed by atoms with Crippen molar-refractivity contribution in [3.63, 3.8) is 0 Å². The lowest BCUT2D eigenvalue weighted by molar-refractivity contribution is 0.331. The highest BCUT2D eigenvalue weighted by Gasteiger charge is 2.27. The highest BCUT2D eigenvalue weighted by Crippen LogP contribution is 2.36. The van der Waals surface area contributed by atoms with Crippen LogP contribution in [0.5, 0.6) is 0 Å². The van der Waals surface area contributed by atoms with Crippen LogP contribution in [0.1, 0.15) is 61.6 Å². The summed E-state index contributed by atoms with van der Waals surface area (Å²) in [6.45, 7) is 13.4. The third-order valence-electron chi connectivity index (χ3n) is 6.18. The summed E-state index contributed by atoms with van der Waals surface area (Å²) in [4.78, 5) is 2.41. The second-order valence-corrected chi connectivity index (χ2v) is 7.97. The lowest BCUT2D eigenvalue weighted by Crippen LogP contribution is -2.28. The van der Waals surface area contributed by atoms with E-state index in [1.165, 1.54) is 55.2 Å². The summed E-state index contributed by atoms with van der Waals surface area (Å²) in [6.07, 6.45) is 12.4. The first-order chi connectivity index (χ1) is 12.6. The van der Waals surface area contributed by atoms with Crippen LogP contribution in [0, 0.1) is 5.92 Å². The second kappa shape index (κ2) is 8.62. The van der Waals surface area contributed by atoms with Crippen molar-refractivity contribution in [1.82, 2.24) is 10.2 Å². The molecule has 1 fully saturated rings. The summed E-state index contributed by atoms with van der Waals surface area (Å²) < 4.78 is 0. The molecule has 2 heteroatoms. The minimum absolute atomic E-state index is 0.307. The van der Waals surface area contributed by atoms with E-state index in [1.807, 2.05) is 7.05 Å². The zero-order valence-corrected chi connectivity index (χ0v) is 16.4. The minimum Gasteiger partial charge on any atom is -0.392 e. The molecule has 1 atom stereocenters. The van der Waals surface area contributed by atoms with Crippen molar-refractivity contribution in [2.45, 2.75) is 64.0 Å². The quantitative estimate of drug-likeness (QED) is 0.608. The molecule has 1 aromatic carbocycles. The van der Waals surface area contributed by atoms with E-state index in [-0.39, 0.29) is 0 Å². The average molecular weight is 351 g/mol. The van der Waals surface area contributed by atoms with Crippen LogP contribution in [-0.2, 0) is 13.0 Å². The number of benzene rings is 1. The van der Waals surface area contributed by atoms with Crippen molar-refractivity contribution < 1.29 is 0 Å². The fraction of sp³-hybridized carbons (Fsp3) is 0.500. The third kappa shape index (κ3) is 4.23. The van der Waals surface area contributed by atoms with Gasteiger partial charge in [-0.15, -0.1) is 6.58 Å². The van der Waals surface area contributed by atoms with Gasteiger partial charge in [-0.05, 0) is 36.3 Å². The van der Waals surface area contributed by atoms with Gasteiger partial charge in [-0.3, -0.25) is 0 Å². The van der Waals surface area contributed by atoms with Crippen molar-refractivity contribution in [2.24, 2.45) is 5.92 Å². The van der Waals surface area contributed by atoms with E-state index in [0.717, 1.165) is 36.7 Å². The Kier molecular flexibility index (Phi) is 6.24. The summed E-state index contributed by atoms with van der Waals surface area (Å²) in [7, 11) is 1.93. The molecule has 1 heterocycles. The lowest BCUT2D eigenvalue weighted by Gasteiger charge is -2.28. The number of allylic oxidation sites excluding steroid dienone is 1. The first kappa shape index (κ1) is 18.8. The van der Waals surface area contributed by atoms with Gasteiger partial charge < -0.3 is 10.2 Å². The van der Waals surface area contributed by atoms with Crippen molar-refractivity contribution in [3.8, 4) is 0 Å². The van der Waals surface area contributed by atoms with E-state index in [0.29, 0.717) is 6.04 Å². The van der Waals surface area contributed by atoms with Gasteiger partial charge in [0.15, 0.2) is 0 Å². The molecular weight excluding hydrogens is 316 g/mol. The maximum Gasteiger partial charge on any atom is 0.0477 e. The molecule has 3 rings (SSSR count). The van der Waals surface area contributed by atoms with Gasteiger partial charge in [0, 0.05) is 36.6 Å². The number of fused-ring (bicyclic) bond motifs is 1. The van der Waals surface area contributed by atoms with Crippen LogP contribution in [0.3, 0.4) is 0 Å². The molecule has 1 aliphatic heterocycles. The van der Waals surface area contributed by atoms with E-state index < -0.39 is 0 Å². The lowest BCUT2D eigenvalue weighted by atomic mass is 9.84. The summed E-state index contributed by atoms with van der Waals surface area (Å²) in [5.74, 6) is 0.885. The Morgan fingerprint density at radius 1 is 1.31 bits per heavy atom. The van der Waals surface area contributed by atoms with Gasteiger partial charge in [-0.25, -0.2) is 0 Å². The topological polar surface area (TPSA) is 15.3 Å². The van der Waals surface area contributed by atoms with E-state index in [9.17, 15) is 0 Å². The Morgan fingerprint density at radius 3 is 2.77 bits per heavy atom. The normalized spacial score (nSPS) is 18.5. The largest absolute Gasteiger partial charge is 0.392 e. The SMILES string of the molecule is C=CC(CCC(=C)NC)N1Cc2cc(CC3CCCCC3)ccc2C1=C. The second-order valence-electron chi connectivity index (χ2n) is 7.97. The zero-order chi connectivity index (χ0) is 18.5. The molecule has 0 spiro atoms. The molecule has 0 amide bonds. The summed E-state index contributed by atoms with van der Waals surface area (Å²) in [6, 6.07) is 7.36. The summed E-state index contributed by atoms with van der Waals surface area (Å²) in [5.41, 5.74) is 6.47. The van der Waals surface area contributed by atoms with E-state index in [4.69, 9.17) is 0 Å². The van der Waals surface area contributed by atoms with Crippen molar-refractivity contribution in [3.05, 3.63) is 66.4 Å². The smallest absolute Gasteiger partial charge is 0.0477 e. The highest BCUT2D eigenvalue weighted by atomic mass is 15.2. The Balaban J connectivity index is 1.67. The monoisotopic (exact) mass is 350 g/mol. The van der Waals surface area contributed by atoms with Crippen LogP contribution in [0.4, 0.5) is 0 Å². The van der Waals surface area contributed by atoms with E-state index in [1.54, 1.807) is 0 Å². The molecule has 0 aromatic heterocycles. The van der Waals surface area contributed by atoms with Crippen LogP contribution in [-0.4, -0.2) is 18.0 Å². The van der Waals surface area contributed by atoms with Crippen molar-refractivity contribution in [1.29, 1.82) is 0 Å². The standard InChI is InChI=1S/C24H34N2/c1-5-23(13-11-18(2)25-4)26-17-22-16-21(12-14-24(22)19(26)3)15-20-9-7-6-8-10-20/h5,12,14,16,20,23,25H,1-3,6-11,13,15,17H2,4H3. The molecule has 0 bridgehead atoms. The Bertz CT molecular complexity index is 667. The van der Waals surface area contributed by atoms with Crippen LogP contribution in [0.2, 0.25) is 0 Å². The van der Waals surface area contributed by atoms with Crippen molar-refractivity contribution in [2.75, 3.05) is 7.05 Å². The summed E-state index contributed by atoms with van der Waals surface area (Å²) >= 11 is 0. The highest BCUT2D eigenvalue weighted by molar-refractivity contribution is 5.69. The predicted octanol–water partition coefficient (Wildman–Crippen LogP) is 5.66. The minimum atomic E-state index is 0.307. The van der Waals surface area contributed by atoms with Crippen LogP contribution in [0.15, 0.2) is 49.7 Å². The molecule has 2 nitrogen and oxygen atoms in total. The number of nitrogens with one attached hydrogen (secondary N) is 1. The third-order valence-corrected chi connectivity index (χ3v) is 6.18. The average Bonchev–Trinajstić information content (AvgIpc) is 2.99. The zero-order valence-electron chi connectivity index (χ0n) is 16.4. The maximum atomic E-state index is 4.38. The first-order valence-electron chi connectivity index (χ1n) is 10.2. The number of hydrogen-bond donors (Lipinski definition) is 1. The number of hydrogen-bond acceptors (Lipinski definition) is 2. The Labute approximate surface area is 159 Å². The molecule has 0 saturated heterocycles. The molecule has 26 heavy (non-hydrogen) atoms. The molecule has 1 saturated carbocycles. The molecule has 1 aliphatic carbocycles. The van der Waals surface area contributed by atoms with Gasteiger partial charge in [-0.2, -0.15) is 0 Å². The van der Waals surface area contributed by atoms with Gasteiger partial charge in [-0.1, -0.05) is 69.5 Å². The van der Waals surface area contributed by atoms with Gasteiger partial charge in [0.2, 0.25) is 0 Å². The van der Waals surface area contributed by atoms with Crippen molar-refractivity contribution >= 4 is 5.70 Å². The molecular formula is C24H34N2. The van der Waals surface area contributed by atoms with Crippen LogP contribution in [0.25, 0.3) is 5.70 Å². The molecule has 0 radical (unpaired) electrons. The van der Waals surface area contributed by atoms with Gasteiger partial charge >= 0.3 is 0 Å². The van der Waals surface area contributed by atoms with Crippen LogP contribution >= 0.6 is 0 Å². The van der Waals surface area contributed by atoms with E-state index >= 15 is 0 Å². The number of nitrogens with zero attached hydrogens (tertiary/aromatic N) is 1. The molecule has 2 aliphatic rings. The maximum absolute atomic E-state index is 4.38. The Hall–Kier alpha value is -1.96. The molecule has 140 valence electrons. The fourth-order valence-electron chi connectivity index (χ4n) is 4.51. The first-order valence-corrected chi connectivity index (χ1v) is 10.2. The van der Waals surface area contributed by atoms with Crippen LogP contribution < -0.4 is 5.32 Å². The fourth-order valence-corrected chi connectivity index (χ4v) is 4.51. The van der Waals surface area contributed by atoms with Gasteiger partial charge in [0.1, 0.15) is 0 Å².